The van der Waals surface area contributed by atoms with Gasteiger partial charge in [-0.05, 0) is 36.1 Å². The van der Waals surface area contributed by atoms with E-state index in [1.807, 2.05) is 18.2 Å². The molecule has 0 bridgehead atoms. The second-order valence-electron chi connectivity index (χ2n) is 5.19. The maximum atomic E-state index is 12.2. The van der Waals surface area contributed by atoms with Gasteiger partial charge in [0.25, 0.3) is 5.91 Å². The van der Waals surface area contributed by atoms with Crippen LogP contribution in [0.3, 0.4) is 0 Å². The zero-order valence-corrected chi connectivity index (χ0v) is 13.5. The average molecular weight is 311 g/mol. The highest BCUT2D eigenvalue weighted by molar-refractivity contribution is 5.93. The summed E-state index contributed by atoms with van der Waals surface area (Å²) >= 11 is 0. The Morgan fingerprint density at radius 2 is 1.74 bits per heavy atom. The number of benzene rings is 2. The van der Waals surface area contributed by atoms with Crippen LogP contribution in [0.2, 0.25) is 0 Å². The normalized spacial score (nSPS) is 10.2. The number of ether oxygens (including phenoxy) is 1. The Hall–Kier alpha value is -2.62. The molecule has 0 aliphatic carbocycles. The molecule has 0 radical (unpaired) electrons. The molecule has 0 saturated carbocycles. The summed E-state index contributed by atoms with van der Waals surface area (Å²) in [6.45, 7) is 4.03. The molecule has 2 aromatic rings. The molecular formula is C19H21NO3. The third kappa shape index (κ3) is 4.42. The van der Waals surface area contributed by atoms with E-state index in [0.717, 1.165) is 35.9 Å². The molecule has 120 valence electrons. The van der Waals surface area contributed by atoms with Crippen LogP contribution in [0.1, 0.15) is 35.3 Å². The van der Waals surface area contributed by atoms with Crippen LogP contribution in [-0.2, 0) is 17.6 Å². The number of hydrogen-bond acceptors (Lipinski definition) is 3. The number of aryl methyl sites for hydroxylation is 2. The molecule has 0 unspecified atom stereocenters. The van der Waals surface area contributed by atoms with Gasteiger partial charge in [-0.25, -0.2) is 0 Å². The van der Waals surface area contributed by atoms with Gasteiger partial charge in [0.2, 0.25) is 0 Å². The molecule has 1 N–H and O–H groups in total. The fraction of sp³-hybridized carbons (Fsp3) is 0.263. The Kier molecular flexibility index (Phi) is 5.92. The van der Waals surface area contributed by atoms with Gasteiger partial charge >= 0.3 is 0 Å². The monoisotopic (exact) mass is 311 g/mol. The molecule has 0 atom stereocenters. The number of rotatable bonds is 7. The largest absolute Gasteiger partial charge is 0.484 e. The van der Waals surface area contributed by atoms with E-state index in [-0.39, 0.29) is 12.5 Å². The Morgan fingerprint density at radius 1 is 1.09 bits per heavy atom. The maximum Gasteiger partial charge on any atom is 0.262 e. The molecule has 2 aromatic carbocycles. The van der Waals surface area contributed by atoms with Gasteiger partial charge in [-0.3, -0.25) is 9.59 Å². The van der Waals surface area contributed by atoms with Crippen LogP contribution in [0.25, 0.3) is 0 Å². The molecule has 0 heterocycles. The van der Waals surface area contributed by atoms with Gasteiger partial charge in [0.05, 0.1) is 0 Å². The summed E-state index contributed by atoms with van der Waals surface area (Å²) in [7, 11) is 0. The zero-order valence-electron chi connectivity index (χ0n) is 13.5. The first-order valence-electron chi connectivity index (χ1n) is 7.76. The van der Waals surface area contributed by atoms with E-state index in [0.29, 0.717) is 11.3 Å². The summed E-state index contributed by atoms with van der Waals surface area (Å²) in [6, 6.07) is 12.8. The third-order valence-corrected chi connectivity index (χ3v) is 3.63. The summed E-state index contributed by atoms with van der Waals surface area (Å²) < 4.78 is 5.46. The van der Waals surface area contributed by atoms with E-state index in [1.165, 1.54) is 0 Å². The molecule has 0 aromatic heterocycles. The van der Waals surface area contributed by atoms with Crippen LogP contribution >= 0.6 is 0 Å². The van der Waals surface area contributed by atoms with Crippen molar-refractivity contribution in [1.29, 1.82) is 0 Å². The first-order valence-corrected chi connectivity index (χ1v) is 7.76. The quantitative estimate of drug-likeness (QED) is 0.794. The predicted octanol–water partition coefficient (Wildman–Crippen LogP) is 3.64. The first kappa shape index (κ1) is 16.7. The Labute approximate surface area is 136 Å². The van der Waals surface area contributed by atoms with Gasteiger partial charge in [-0.15, -0.1) is 0 Å². The number of hydrogen-bond donors (Lipinski definition) is 1. The zero-order chi connectivity index (χ0) is 16.7. The standard InChI is InChI=1S/C19H21NO3/c1-3-15-8-6-9-16(4-2)19(15)20-18(22)13-23-17-10-5-7-14(11-17)12-21/h5-12H,3-4,13H2,1-2H3,(H,20,22). The molecule has 0 fully saturated rings. The fourth-order valence-corrected chi connectivity index (χ4v) is 2.41. The van der Waals surface area contributed by atoms with Crippen molar-refractivity contribution in [2.75, 3.05) is 11.9 Å². The molecule has 0 spiro atoms. The van der Waals surface area contributed by atoms with Crippen LogP contribution in [0.15, 0.2) is 42.5 Å². The van der Waals surface area contributed by atoms with Gasteiger partial charge in [0, 0.05) is 11.3 Å². The minimum absolute atomic E-state index is 0.0937. The highest BCUT2D eigenvalue weighted by Crippen LogP contribution is 2.22. The first-order chi connectivity index (χ1) is 11.2. The van der Waals surface area contributed by atoms with Crippen molar-refractivity contribution in [2.45, 2.75) is 26.7 Å². The van der Waals surface area contributed by atoms with Crippen molar-refractivity contribution < 1.29 is 14.3 Å². The Morgan fingerprint density at radius 3 is 2.35 bits per heavy atom. The topological polar surface area (TPSA) is 55.4 Å². The van der Waals surface area contributed by atoms with Crippen molar-refractivity contribution in [2.24, 2.45) is 0 Å². The minimum Gasteiger partial charge on any atom is -0.484 e. The molecular weight excluding hydrogens is 290 g/mol. The molecule has 0 aliphatic rings. The summed E-state index contributed by atoms with van der Waals surface area (Å²) in [5.74, 6) is 0.293. The van der Waals surface area contributed by atoms with E-state index in [2.05, 4.69) is 19.2 Å². The number of para-hydroxylation sites is 1. The van der Waals surface area contributed by atoms with Crippen molar-refractivity contribution in [3.05, 3.63) is 59.2 Å². The van der Waals surface area contributed by atoms with E-state index in [1.54, 1.807) is 24.3 Å². The Bertz CT molecular complexity index is 673. The molecule has 2 rings (SSSR count). The molecule has 23 heavy (non-hydrogen) atoms. The van der Waals surface area contributed by atoms with Crippen molar-refractivity contribution in [3.8, 4) is 5.75 Å². The van der Waals surface area contributed by atoms with Gasteiger partial charge < -0.3 is 10.1 Å². The lowest BCUT2D eigenvalue weighted by atomic mass is 10.0. The molecule has 4 nitrogen and oxygen atoms in total. The lowest BCUT2D eigenvalue weighted by molar-refractivity contribution is -0.118. The van der Waals surface area contributed by atoms with Crippen LogP contribution < -0.4 is 10.1 Å². The van der Waals surface area contributed by atoms with E-state index in [4.69, 9.17) is 4.74 Å². The van der Waals surface area contributed by atoms with Gasteiger partial charge in [-0.1, -0.05) is 44.2 Å². The van der Waals surface area contributed by atoms with Crippen LogP contribution in [0.4, 0.5) is 5.69 Å². The molecule has 4 heteroatoms. The highest BCUT2D eigenvalue weighted by Gasteiger charge is 2.10. The lowest BCUT2D eigenvalue weighted by Crippen LogP contribution is -2.21. The van der Waals surface area contributed by atoms with Crippen molar-refractivity contribution >= 4 is 17.9 Å². The number of amides is 1. The smallest absolute Gasteiger partial charge is 0.262 e. The summed E-state index contributed by atoms with van der Waals surface area (Å²) in [6.07, 6.45) is 2.45. The van der Waals surface area contributed by atoms with E-state index >= 15 is 0 Å². The SMILES string of the molecule is CCc1cccc(CC)c1NC(=O)COc1cccc(C=O)c1. The second kappa shape index (κ2) is 8.13. The van der Waals surface area contributed by atoms with Crippen LogP contribution in [-0.4, -0.2) is 18.8 Å². The van der Waals surface area contributed by atoms with E-state index < -0.39 is 0 Å². The van der Waals surface area contributed by atoms with Gasteiger partial charge in [0.15, 0.2) is 6.61 Å². The van der Waals surface area contributed by atoms with Crippen molar-refractivity contribution in [3.63, 3.8) is 0 Å². The number of nitrogens with one attached hydrogen (secondary N) is 1. The highest BCUT2D eigenvalue weighted by atomic mass is 16.5. The van der Waals surface area contributed by atoms with Gasteiger partial charge in [0.1, 0.15) is 12.0 Å². The molecule has 1 amide bonds. The predicted molar refractivity (Wildman–Crippen MR) is 91.2 cm³/mol. The number of aldehydes is 1. The molecule has 0 aliphatic heterocycles. The number of carbonyl (C=O) groups is 2. The second-order valence-corrected chi connectivity index (χ2v) is 5.19. The summed E-state index contributed by atoms with van der Waals surface area (Å²) in [4.78, 5) is 22.9. The summed E-state index contributed by atoms with van der Waals surface area (Å²) in [5.41, 5.74) is 3.63. The maximum absolute atomic E-state index is 12.2. The van der Waals surface area contributed by atoms with Crippen molar-refractivity contribution in [1.82, 2.24) is 0 Å². The van der Waals surface area contributed by atoms with E-state index in [9.17, 15) is 9.59 Å². The third-order valence-electron chi connectivity index (χ3n) is 3.63. The fourth-order valence-electron chi connectivity index (χ4n) is 2.41. The Balaban J connectivity index is 2.03. The number of anilines is 1. The minimum atomic E-state index is -0.211. The van der Waals surface area contributed by atoms with Crippen LogP contribution in [0, 0.1) is 0 Å². The molecule has 0 saturated heterocycles. The number of carbonyl (C=O) groups excluding carboxylic acids is 2. The van der Waals surface area contributed by atoms with Gasteiger partial charge in [-0.2, -0.15) is 0 Å². The lowest BCUT2D eigenvalue weighted by Gasteiger charge is -2.14. The van der Waals surface area contributed by atoms with Crippen LogP contribution in [0.5, 0.6) is 5.75 Å². The summed E-state index contributed by atoms with van der Waals surface area (Å²) in [5, 5.41) is 2.95. The average Bonchev–Trinajstić information content (AvgIpc) is 2.60.